The first kappa shape index (κ1) is 10.1. The highest BCUT2D eigenvalue weighted by molar-refractivity contribution is 7.13. The smallest absolute Gasteiger partial charge is 0.348 e. The number of aromatic hydroxyl groups is 1. The average molecular weight is 244 g/mol. The Bertz CT molecular complexity index is 726. The van der Waals surface area contributed by atoms with Crippen LogP contribution in [-0.2, 0) is 0 Å². The second-order valence-electron chi connectivity index (χ2n) is 3.59. The molecule has 0 atom stereocenters. The van der Waals surface area contributed by atoms with E-state index >= 15 is 0 Å². The monoisotopic (exact) mass is 244 g/mol. The van der Waals surface area contributed by atoms with E-state index in [9.17, 15) is 9.90 Å². The normalized spacial score (nSPS) is 10.8. The van der Waals surface area contributed by atoms with E-state index in [1.807, 2.05) is 11.4 Å². The van der Waals surface area contributed by atoms with Crippen molar-refractivity contribution < 1.29 is 9.52 Å². The van der Waals surface area contributed by atoms with E-state index in [2.05, 4.69) is 0 Å². The van der Waals surface area contributed by atoms with E-state index in [1.54, 1.807) is 30.3 Å². The van der Waals surface area contributed by atoms with Gasteiger partial charge in [0, 0.05) is 4.88 Å². The maximum absolute atomic E-state index is 11.8. The average Bonchev–Trinajstić information content (AvgIpc) is 2.83. The summed E-state index contributed by atoms with van der Waals surface area (Å²) >= 11 is 1.39. The molecule has 0 aliphatic heterocycles. The highest BCUT2D eigenvalue weighted by Gasteiger charge is 2.15. The van der Waals surface area contributed by atoms with Gasteiger partial charge in [-0.3, -0.25) is 0 Å². The standard InChI is InChI=1S/C13H8O3S/c14-12-8-4-1-2-5-9(8)16-13(15)11(12)10-6-3-7-17-10/h1-7,14H. The summed E-state index contributed by atoms with van der Waals surface area (Å²) in [6.45, 7) is 0. The lowest BCUT2D eigenvalue weighted by Crippen LogP contribution is -2.02. The zero-order chi connectivity index (χ0) is 11.8. The maximum Gasteiger partial charge on any atom is 0.348 e. The zero-order valence-electron chi connectivity index (χ0n) is 8.71. The predicted molar refractivity (Wildman–Crippen MR) is 67.5 cm³/mol. The van der Waals surface area contributed by atoms with Crippen LogP contribution in [0.4, 0.5) is 0 Å². The van der Waals surface area contributed by atoms with Crippen molar-refractivity contribution in [2.24, 2.45) is 0 Å². The van der Waals surface area contributed by atoms with Gasteiger partial charge in [0.15, 0.2) is 0 Å². The van der Waals surface area contributed by atoms with Crippen molar-refractivity contribution in [3.05, 3.63) is 52.2 Å². The van der Waals surface area contributed by atoms with Crippen molar-refractivity contribution in [3.63, 3.8) is 0 Å². The third-order valence-corrected chi connectivity index (χ3v) is 3.44. The molecule has 0 aliphatic rings. The lowest BCUT2D eigenvalue weighted by Gasteiger charge is -2.03. The van der Waals surface area contributed by atoms with E-state index in [-0.39, 0.29) is 11.3 Å². The number of fused-ring (bicyclic) bond motifs is 1. The Morgan fingerprint density at radius 1 is 1.12 bits per heavy atom. The molecule has 0 unspecified atom stereocenters. The Labute approximate surface area is 101 Å². The van der Waals surface area contributed by atoms with Gasteiger partial charge in [0.05, 0.1) is 5.39 Å². The Morgan fingerprint density at radius 3 is 2.71 bits per heavy atom. The van der Waals surface area contributed by atoms with E-state index in [0.717, 1.165) is 0 Å². The Kier molecular flexibility index (Phi) is 2.23. The van der Waals surface area contributed by atoms with E-state index in [1.165, 1.54) is 11.3 Å². The van der Waals surface area contributed by atoms with Crippen LogP contribution >= 0.6 is 11.3 Å². The lowest BCUT2D eigenvalue weighted by atomic mass is 10.1. The highest BCUT2D eigenvalue weighted by Crippen LogP contribution is 2.34. The van der Waals surface area contributed by atoms with Crippen LogP contribution in [0.1, 0.15) is 0 Å². The molecule has 4 heteroatoms. The number of hydrogen-bond donors (Lipinski definition) is 1. The fraction of sp³-hybridized carbons (Fsp3) is 0. The molecule has 3 nitrogen and oxygen atoms in total. The third-order valence-electron chi connectivity index (χ3n) is 2.55. The molecule has 0 fully saturated rings. The predicted octanol–water partition coefficient (Wildman–Crippen LogP) is 3.23. The summed E-state index contributed by atoms with van der Waals surface area (Å²) in [5.41, 5.74) is 0.123. The minimum Gasteiger partial charge on any atom is -0.506 e. The van der Waals surface area contributed by atoms with Crippen molar-refractivity contribution in [2.75, 3.05) is 0 Å². The van der Waals surface area contributed by atoms with Gasteiger partial charge in [-0.2, -0.15) is 0 Å². The molecule has 2 heterocycles. The largest absolute Gasteiger partial charge is 0.506 e. The van der Waals surface area contributed by atoms with Crippen molar-refractivity contribution in [1.82, 2.24) is 0 Å². The minimum absolute atomic E-state index is 0.0145. The quantitative estimate of drug-likeness (QED) is 0.668. The van der Waals surface area contributed by atoms with E-state index in [4.69, 9.17) is 4.42 Å². The van der Waals surface area contributed by atoms with Gasteiger partial charge in [-0.15, -0.1) is 11.3 Å². The fourth-order valence-corrected chi connectivity index (χ4v) is 2.53. The molecular formula is C13H8O3S. The highest BCUT2D eigenvalue weighted by atomic mass is 32.1. The summed E-state index contributed by atoms with van der Waals surface area (Å²) in [7, 11) is 0. The van der Waals surface area contributed by atoms with Crippen LogP contribution in [0.25, 0.3) is 21.4 Å². The fourth-order valence-electron chi connectivity index (χ4n) is 1.77. The van der Waals surface area contributed by atoms with Gasteiger partial charge in [-0.05, 0) is 23.6 Å². The summed E-state index contributed by atoms with van der Waals surface area (Å²) < 4.78 is 5.19. The molecule has 17 heavy (non-hydrogen) atoms. The Morgan fingerprint density at radius 2 is 1.94 bits per heavy atom. The molecule has 3 rings (SSSR count). The van der Waals surface area contributed by atoms with E-state index in [0.29, 0.717) is 15.8 Å². The van der Waals surface area contributed by atoms with Gasteiger partial charge < -0.3 is 9.52 Å². The molecule has 3 aromatic rings. The first-order chi connectivity index (χ1) is 8.27. The van der Waals surface area contributed by atoms with Gasteiger partial charge in [-0.1, -0.05) is 18.2 Å². The van der Waals surface area contributed by atoms with Crippen LogP contribution in [0, 0.1) is 0 Å². The molecular weight excluding hydrogens is 236 g/mol. The van der Waals surface area contributed by atoms with Gasteiger partial charge in [0.1, 0.15) is 16.9 Å². The first-order valence-corrected chi connectivity index (χ1v) is 5.94. The number of para-hydroxylation sites is 1. The number of hydrogen-bond acceptors (Lipinski definition) is 4. The molecule has 0 saturated carbocycles. The van der Waals surface area contributed by atoms with Crippen LogP contribution in [-0.4, -0.2) is 5.11 Å². The van der Waals surface area contributed by atoms with Crippen molar-refractivity contribution in [3.8, 4) is 16.2 Å². The molecule has 0 radical (unpaired) electrons. The summed E-state index contributed by atoms with van der Waals surface area (Å²) in [4.78, 5) is 12.5. The molecule has 0 amide bonds. The molecule has 0 spiro atoms. The summed E-state index contributed by atoms with van der Waals surface area (Å²) in [6, 6.07) is 10.6. The second kappa shape index (κ2) is 3.75. The second-order valence-corrected chi connectivity index (χ2v) is 4.53. The number of thiophene rings is 1. The summed E-state index contributed by atoms with van der Waals surface area (Å²) in [5, 5.41) is 12.6. The van der Waals surface area contributed by atoms with Crippen LogP contribution in [0.2, 0.25) is 0 Å². The summed E-state index contributed by atoms with van der Waals surface area (Å²) in [5.74, 6) is -0.0145. The van der Waals surface area contributed by atoms with Crippen molar-refractivity contribution in [2.45, 2.75) is 0 Å². The van der Waals surface area contributed by atoms with Crippen LogP contribution < -0.4 is 5.63 Å². The molecule has 84 valence electrons. The van der Waals surface area contributed by atoms with Gasteiger partial charge >= 0.3 is 5.63 Å². The zero-order valence-corrected chi connectivity index (χ0v) is 9.53. The molecule has 1 N–H and O–H groups in total. The number of benzene rings is 1. The van der Waals surface area contributed by atoms with Gasteiger partial charge in [0.2, 0.25) is 0 Å². The van der Waals surface area contributed by atoms with Crippen molar-refractivity contribution in [1.29, 1.82) is 0 Å². The van der Waals surface area contributed by atoms with Crippen molar-refractivity contribution >= 4 is 22.3 Å². The molecule has 0 bridgehead atoms. The molecule has 0 aliphatic carbocycles. The first-order valence-electron chi connectivity index (χ1n) is 5.06. The SMILES string of the molecule is O=c1oc2ccccc2c(O)c1-c1cccs1. The lowest BCUT2D eigenvalue weighted by molar-refractivity contribution is 0.471. The van der Waals surface area contributed by atoms with Gasteiger partial charge in [0.25, 0.3) is 0 Å². The summed E-state index contributed by atoms with van der Waals surface area (Å²) in [6.07, 6.45) is 0. The van der Waals surface area contributed by atoms with Crippen LogP contribution in [0.3, 0.4) is 0 Å². The minimum atomic E-state index is -0.511. The molecule has 0 saturated heterocycles. The van der Waals surface area contributed by atoms with Crippen LogP contribution in [0.5, 0.6) is 5.75 Å². The third kappa shape index (κ3) is 1.54. The molecule has 1 aromatic carbocycles. The van der Waals surface area contributed by atoms with E-state index < -0.39 is 5.63 Å². The van der Waals surface area contributed by atoms with Gasteiger partial charge in [-0.25, -0.2) is 4.79 Å². The van der Waals surface area contributed by atoms with Crippen LogP contribution in [0.15, 0.2) is 51.0 Å². The Balaban J connectivity index is 2.44. The number of rotatable bonds is 1. The Hall–Kier alpha value is -2.07. The topological polar surface area (TPSA) is 50.4 Å². The molecule has 2 aromatic heterocycles. The maximum atomic E-state index is 11.8.